The number of hydrogen-bond donors (Lipinski definition) is 3. The fraction of sp³-hybridized carbons (Fsp3) is 0.286. The third kappa shape index (κ3) is 2.80. The van der Waals surface area contributed by atoms with Gasteiger partial charge in [0.2, 0.25) is 0 Å². The molecule has 20 heavy (non-hydrogen) atoms. The summed E-state index contributed by atoms with van der Waals surface area (Å²) in [6, 6.07) is 4.45. The molecule has 106 valence electrons. The highest BCUT2D eigenvalue weighted by Crippen LogP contribution is 2.23. The molecule has 0 radical (unpaired) electrons. The van der Waals surface area contributed by atoms with E-state index < -0.39 is 5.97 Å². The molecule has 0 unspecified atom stereocenters. The molecule has 1 saturated heterocycles. The second kappa shape index (κ2) is 5.75. The summed E-state index contributed by atoms with van der Waals surface area (Å²) in [5, 5.41) is 14.8. The first-order chi connectivity index (χ1) is 9.52. The monoisotopic (exact) mass is 276 g/mol. The molecular formula is C14H16N2O4. The molecule has 0 aromatic heterocycles. The number of carboxylic acids is 1. The van der Waals surface area contributed by atoms with Gasteiger partial charge >= 0.3 is 5.97 Å². The van der Waals surface area contributed by atoms with Crippen molar-refractivity contribution in [2.24, 2.45) is 0 Å². The summed E-state index contributed by atoms with van der Waals surface area (Å²) < 4.78 is 5.01. The number of carbonyl (C=O) groups is 2. The van der Waals surface area contributed by atoms with E-state index in [1.54, 1.807) is 13.0 Å². The van der Waals surface area contributed by atoms with E-state index in [2.05, 4.69) is 10.6 Å². The summed E-state index contributed by atoms with van der Waals surface area (Å²) in [6.07, 6.45) is 0. The Balaban J connectivity index is 2.18. The Morgan fingerprint density at radius 1 is 1.35 bits per heavy atom. The Hall–Kier alpha value is -2.34. The number of nitrogens with one attached hydrogen (secondary N) is 2. The number of carbonyl (C=O) groups excluding carboxylic acids is 1. The second-order valence-electron chi connectivity index (χ2n) is 4.51. The lowest BCUT2D eigenvalue weighted by Crippen LogP contribution is -2.36. The Labute approximate surface area is 116 Å². The van der Waals surface area contributed by atoms with Gasteiger partial charge in [-0.2, -0.15) is 0 Å². The van der Waals surface area contributed by atoms with Crippen LogP contribution in [0.2, 0.25) is 0 Å². The largest absolute Gasteiger partial charge is 0.496 e. The fourth-order valence-electron chi connectivity index (χ4n) is 1.85. The average molecular weight is 276 g/mol. The molecule has 6 heteroatoms. The number of rotatable bonds is 4. The third-order valence-electron chi connectivity index (χ3n) is 3.24. The lowest BCUT2D eigenvalue weighted by molar-refractivity contribution is -0.112. The van der Waals surface area contributed by atoms with Crippen molar-refractivity contribution in [3.05, 3.63) is 34.9 Å². The zero-order chi connectivity index (χ0) is 14.7. The van der Waals surface area contributed by atoms with Crippen LogP contribution in [0.4, 0.5) is 5.69 Å². The second-order valence-corrected chi connectivity index (χ2v) is 4.51. The topological polar surface area (TPSA) is 87.7 Å². The van der Waals surface area contributed by atoms with Gasteiger partial charge in [0.1, 0.15) is 11.3 Å². The van der Waals surface area contributed by atoms with Crippen molar-refractivity contribution in [1.82, 2.24) is 5.32 Å². The van der Waals surface area contributed by atoms with Crippen molar-refractivity contribution in [2.45, 2.75) is 6.92 Å². The van der Waals surface area contributed by atoms with Crippen molar-refractivity contribution in [1.29, 1.82) is 0 Å². The van der Waals surface area contributed by atoms with E-state index in [9.17, 15) is 9.59 Å². The maximum atomic E-state index is 12.0. The van der Waals surface area contributed by atoms with Crippen molar-refractivity contribution in [3.8, 4) is 5.75 Å². The van der Waals surface area contributed by atoms with E-state index in [1.165, 1.54) is 19.2 Å². The van der Waals surface area contributed by atoms with E-state index in [-0.39, 0.29) is 17.2 Å². The van der Waals surface area contributed by atoms with Gasteiger partial charge in [-0.15, -0.1) is 0 Å². The van der Waals surface area contributed by atoms with E-state index in [4.69, 9.17) is 9.84 Å². The SMILES string of the molecule is COc1cc(NC(=O)C(C)=C2CNC2)ccc1C(=O)O. The van der Waals surface area contributed by atoms with Gasteiger partial charge < -0.3 is 20.5 Å². The molecule has 6 nitrogen and oxygen atoms in total. The van der Waals surface area contributed by atoms with Gasteiger partial charge in [0.15, 0.2) is 0 Å². The molecule has 1 aliphatic rings. The zero-order valence-corrected chi connectivity index (χ0v) is 11.3. The predicted octanol–water partition coefficient (Wildman–Crippen LogP) is 1.25. The van der Waals surface area contributed by atoms with Gasteiger partial charge in [-0.1, -0.05) is 0 Å². The van der Waals surface area contributed by atoms with Crippen LogP contribution in [-0.2, 0) is 4.79 Å². The van der Waals surface area contributed by atoms with E-state index >= 15 is 0 Å². The number of aromatic carboxylic acids is 1. The molecule has 3 N–H and O–H groups in total. The van der Waals surface area contributed by atoms with Crippen molar-refractivity contribution >= 4 is 17.6 Å². The highest BCUT2D eigenvalue weighted by Gasteiger charge is 2.17. The van der Waals surface area contributed by atoms with Crippen molar-refractivity contribution in [2.75, 3.05) is 25.5 Å². The van der Waals surface area contributed by atoms with Crippen molar-refractivity contribution < 1.29 is 19.4 Å². The van der Waals surface area contributed by atoms with Crippen LogP contribution in [0.3, 0.4) is 0 Å². The smallest absolute Gasteiger partial charge is 0.339 e. The molecular weight excluding hydrogens is 260 g/mol. The molecule has 1 fully saturated rings. The Morgan fingerprint density at radius 2 is 2.05 bits per heavy atom. The molecule has 1 amide bonds. The predicted molar refractivity (Wildman–Crippen MR) is 74.2 cm³/mol. The van der Waals surface area contributed by atoms with Crippen LogP contribution >= 0.6 is 0 Å². The standard InChI is InChI=1S/C14H16N2O4/c1-8(9-6-15-7-9)13(17)16-10-3-4-11(14(18)19)12(5-10)20-2/h3-5,15H,6-7H2,1-2H3,(H,16,17)(H,18,19). The van der Waals surface area contributed by atoms with Crippen molar-refractivity contribution in [3.63, 3.8) is 0 Å². The van der Waals surface area contributed by atoms with Crippen LogP contribution in [0.1, 0.15) is 17.3 Å². The number of amides is 1. The third-order valence-corrected chi connectivity index (χ3v) is 3.24. The normalized spacial score (nSPS) is 13.4. The summed E-state index contributed by atoms with van der Waals surface area (Å²) in [7, 11) is 1.39. The zero-order valence-electron chi connectivity index (χ0n) is 11.3. The fourth-order valence-corrected chi connectivity index (χ4v) is 1.85. The van der Waals surface area contributed by atoms with E-state index in [0.717, 1.165) is 18.7 Å². The first kappa shape index (κ1) is 14.1. The van der Waals surface area contributed by atoms with Crippen LogP contribution in [-0.4, -0.2) is 37.2 Å². The lowest BCUT2D eigenvalue weighted by Gasteiger charge is -2.21. The maximum absolute atomic E-state index is 12.0. The molecule has 0 bridgehead atoms. The van der Waals surface area contributed by atoms with Gasteiger partial charge in [-0.3, -0.25) is 4.79 Å². The molecule has 0 atom stereocenters. The molecule has 0 aliphatic carbocycles. The molecule has 2 rings (SSSR count). The lowest BCUT2D eigenvalue weighted by atomic mass is 10.0. The highest BCUT2D eigenvalue weighted by atomic mass is 16.5. The molecule has 0 spiro atoms. The summed E-state index contributed by atoms with van der Waals surface area (Å²) in [6.45, 7) is 3.25. The average Bonchev–Trinajstić information content (AvgIpc) is 2.36. The van der Waals surface area contributed by atoms with Gasteiger partial charge in [0, 0.05) is 30.4 Å². The Kier molecular flexibility index (Phi) is 4.05. The van der Waals surface area contributed by atoms with E-state index in [1.807, 2.05) is 0 Å². The van der Waals surface area contributed by atoms with E-state index in [0.29, 0.717) is 11.3 Å². The summed E-state index contributed by atoms with van der Waals surface area (Å²) in [5.74, 6) is -1.05. The maximum Gasteiger partial charge on any atom is 0.339 e. The summed E-state index contributed by atoms with van der Waals surface area (Å²) in [5.41, 5.74) is 2.33. The first-order valence-electron chi connectivity index (χ1n) is 6.15. The number of benzene rings is 1. The minimum absolute atomic E-state index is 0.0590. The number of methoxy groups -OCH3 is 1. The first-order valence-corrected chi connectivity index (χ1v) is 6.15. The molecule has 0 saturated carbocycles. The minimum Gasteiger partial charge on any atom is -0.496 e. The van der Waals surface area contributed by atoms with Gasteiger partial charge in [0.25, 0.3) is 5.91 Å². The number of carboxylic acid groups (broad SMARTS) is 1. The summed E-state index contributed by atoms with van der Waals surface area (Å²) >= 11 is 0. The van der Waals surface area contributed by atoms with Crippen LogP contribution in [0.15, 0.2) is 29.3 Å². The molecule has 1 heterocycles. The molecule has 1 aromatic carbocycles. The minimum atomic E-state index is -1.07. The van der Waals surface area contributed by atoms with Gasteiger partial charge in [0.05, 0.1) is 7.11 Å². The van der Waals surface area contributed by atoms with Crippen LogP contribution in [0.25, 0.3) is 0 Å². The van der Waals surface area contributed by atoms with Crippen LogP contribution in [0.5, 0.6) is 5.75 Å². The molecule has 1 aromatic rings. The van der Waals surface area contributed by atoms with Crippen LogP contribution < -0.4 is 15.4 Å². The van der Waals surface area contributed by atoms with Gasteiger partial charge in [-0.25, -0.2) is 4.79 Å². The number of ether oxygens (including phenoxy) is 1. The number of hydrogen-bond acceptors (Lipinski definition) is 4. The number of anilines is 1. The quantitative estimate of drug-likeness (QED) is 0.720. The molecule has 1 aliphatic heterocycles. The van der Waals surface area contributed by atoms with Crippen LogP contribution in [0, 0.1) is 0 Å². The highest BCUT2D eigenvalue weighted by molar-refractivity contribution is 6.04. The Bertz CT molecular complexity index is 587. The van der Waals surface area contributed by atoms with Gasteiger partial charge in [-0.05, 0) is 24.6 Å². The summed E-state index contributed by atoms with van der Waals surface area (Å²) in [4.78, 5) is 23.0. The Morgan fingerprint density at radius 3 is 2.55 bits per heavy atom.